The maximum Gasteiger partial charge on any atom is 0.325 e. The molecule has 4 aromatic rings. The lowest BCUT2D eigenvalue weighted by atomic mass is 10.0. The van der Waals surface area contributed by atoms with Crippen molar-refractivity contribution in [2.75, 3.05) is 16.0 Å². The number of carbonyl (C=O) groups is 2. The summed E-state index contributed by atoms with van der Waals surface area (Å²) in [6.45, 7) is 12.0. The number of urea groups is 1. The average molecular weight is 552 g/mol. The molecule has 180 valence electrons. The molecule has 0 radical (unpaired) electrons. The second kappa shape index (κ2) is 9.79. The van der Waals surface area contributed by atoms with Crippen LogP contribution in [0.5, 0.6) is 0 Å². The van der Waals surface area contributed by atoms with Gasteiger partial charge in [-0.15, -0.1) is 0 Å². The van der Waals surface area contributed by atoms with Crippen molar-refractivity contribution >= 4 is 65.9 Å². The Balaban J connectivity index is 1.51. The Kier molecular flexibility index (Phi) is 6.96. The molecule has 35 heavy (non-hydrogen) atoms. The van der Waals surface area contributed by atoms with Gasteiger partial charge in [-0.1, -0.05) is 51.0 Å². The maximum absolute atomic E-state index is 12.9. The van der Waals surface area contributed by atoms with Crippen LogP contribution in [0.25, 0.3) is 10.2 Å². The molecule has 0 unspecified atom stereocenters. The minimum Gasteiger partial charge on any atom is -0.322 e. The van der Waals surface area contributed by atoms with Crippen molar-refractivity contribution in [1.82, 2.24) is 4.98 Å². The number of benzene rings is 3. The van der Waals surface area contributed by atoms with Crippen molar-refractivity contribution in [3.63, 3.8) is 0 Å². The average Bonchev–Trinajstić information content (AvgIpc) is 3.18. The molecule has 6 nitrogen and oxygen atoms in total. The van der Waals surface area contributed by atoms with E-state index in [4.69, 9.17) is 0 Å². The normalized spacial score (nSPS) is 10.9. The summed E-state index contributed by atoms with van der Waals surface area (Å²) < 4.78 is 1.79. The van der Waals surface area contributed by atoms with Crippen LogP contribution >= 0.6 is 27.3 Å². The molecule has 0 aliphatic rings. The molecular weight excluding hydrogens is 524 g/mol. The van der Waals surface area contributed by atoms with E-state index < -0.39 is 0 Å². The van der Waals surface area contributed by atoms with Gasteiger partial charge >= 0.3 is 6.03 Å². The molecule has 3 amide bonds. The van der Waals surface area contributed by atoms with Crippen molar-refractivity contribution in [3.05, 3.63) is 79.8 Å². The van der Waals surface area contributed by atoms with E-state index in [1.807, 2.05) is 47.6 Å². The number of hydrogen-bond acceptors (Lipinski definition) is 4. The molecule has 0 fully saturated rings. The Hall–Kier alpha value is -3.23. The third kappa shape index (κ3) is 5.23. The van der Waals surface area contributed by atoms with E-state index in [0.29, 0.717) is 10.7 Å². The molecule has 4 rings (SSSR count). The smallest absolute Gasteiger partial charge is 0.322 e. The zero-order valence-corrected chi connectivity index (χ0v) is 22.9. The van der Waals surface area contributed by atoms with E-state index >= 15 is 0 Å². The monoisotopic (exact) mass is 550 g/mol. The lowest BCUT2D eigenvalue weighted by molar-refractivity contribution is 0.102. The molecule has 1 heterocycles. The Morgan fingerprint density at radius 2 is 1.46 bits per heavy atom. The second-order valence-electron chi connectivity index (χ2n) is 8.83. The van der Waals surface area contributed by atoms with Gasteiger partial charge in [-0.25, -0.2) is 9.78 Å². The van der Waals surface area contributed by atoms with Crippen LogP contribution in [0.15, 0.2) is 40.9 Å². The van der Waals surface area contributed by atoms with Gasteiger partial charge in [0.2, 0.25) is 0 Å². The first-order chi connectivity index (χ1) is 16.5. The van der Waals surface area contributed by atoms with Gasteiger partial charge in [0.05, 0.1) is 10.2 Å². The number of rotatable bonds is 4. The van der Waals surface area contributed by atoms with Gasteiger partial charge in [-0.05, 0) is 87.6 Å². The number of amides is 3. The lowest BCUT2D eigenvalue weighted by Crippen LogP contribution is -2.20. The highest BCUT2D eigenvalue weighted by atomic mass is 79.9. The van der Waals surface area contributed by atoms with Gasteiger partial charge in [-0.3, -0.25) is 10.1 Å². The number of fused-ring (bicyclic) bond motifs is 1. The summed E-state index contributed by atoms with van der Waals surface area (Å²) in [5.74, 6) is -0.182. The Morgan fingerprint density at radius 3 is 2.14 bits per heavy atom. The van der Waals surface area contributed by atoms with Gasteiger partial charge in [0.15, 0.2) is 5.13 Å². The molecule has 0 spiro atoms. The van der Waals surface area contributed by atoms with Crippen LogP contribution in [0.4, 0.5) is 21.3 Å². The summed E-state index contributed by atoms with van der Waals surface area (Å²) >= 11 is 4.90. The zero-order chi connectivity index (χ0) is 25.4. The number of aryl methyl sites for hydroxylation is 5. The number of halogens is 1. The van der Waals surface area contributed by atoms with Crippen LogP contribution in [0.1, 0.15) is 43.7 Å². The van der Waals surface area contributed by atoms with Crippen LogP contribution < -0.4 is 16.0 Å². The van der Waals surface area contributed by atoms with Crippen LogP contribution in [-0.2, 0) is 0 Å². The number of nitrogens with one attached hydrogen (secondary N) is 3. The molecule has 3 N–H and O–H groups in total. The van der Waals surface area contributed by atoms with E-state index in [9.17, 15) is 9.59 Å². The van der Waals surface area contributed by atoms with Gasteiger partial charge in [0.25, 0.3) is 5.91 Å². The fraction of sp³-hybridized carbons (Fsp3) is 0.222. The van der Waals surface area contributed by atoms with Crippen LogP contribution in [-0.4, -0.2) is 16.9 Å². The third-order valence-corrected chi connectivity index (χ3v) is 8.06. The standard InChI is InChI=1S/C27H27BrN4O2S/c1-13-9-15(3)23(16(4)10-13)30-25(33)19-7-8-20-21(12-19)35-27(29-20)32-26(34)31-24-17(5)11-14(2)22(28)18(24)6/h7-12H,1-6H3,(H,30,33)(H2,29,31,32,34). The maximum atomic E-state index is 12.9. The molecule has 0 aliphatic carbocycles. The molecular formula is C27H27BrN4O2S. The van der Waals surface area contributed by atoms with Gasteiger partial charge in [-0.2, -0.15) is 0 Å². The predicted molar refractivity (Wildman–Crippen MR) is 149 cm³/mol. The van der Waals surface area contributed by atoms with Crippen molar-refractivity contribution in [1.29, 1.82) is 0 Å². The van der Waals surface area contributed by atoms with E-state index in [0.717, 1.165) is 59.4 Å². The molecule has 8 heteroatoms. The number of aromatic nitrogens is 1. The summed E-state index contributed by atoms with van der Waals surface area (Å²) in [4.78, 5) is 30.1. The lowest BCUT2D eigenvalue weighted by Gasteiger charge is -2.15. The predicted octanol–water partition coefficient (Wildman–Crippen LogP) is 7.81. The van der Waals surface area contributed by atoms with Crippen LogP contribution in [0.3, 0.4) is 0 Å². The largest absolute Gasteiger partial charge is 0.325 e. The number of thiazole rings is 1. The van der Waals surface area contributed by atoms with E-state index in [2.05, 4.69) is 49.0 Å². The van der Waals surface area contributed by atoms with Gasteiger partial charge in [0.1, 0.15) is 0 Å². The van der Waals surface area contributed by atoms with Gasteiger partial charge in [0, 0.05) is 21.4 Å². The SMILES string of the molecule is Cc1cc(C)c(NC(=O)c2ccc3nc(NC(=O)Nc4c(C)cc(C)c(Br)c4C)sc3c2)c(C)c1. The Morgan fingerprint density at radius 1 is 0.800 bits per heavy atom. The third-order valence-electron chi connectivity index (χ3n) is 5.90. The topological polar surface area (TPSA) is 83.1 Å². The van der Waals surface area contributed by atoms with E-state index in [-0.39, 0.29) is 11.9 Å². The molecule has 0 saturated heterocycles. The van der Waals surface area contributed by atoms with Crippen LogP contribution in [0.2, 0.25) is 0 Å². The zero-order valence-electron chi connectivity index (χ0n) is 20.5. The number of carbonyl (C=O) groups excluding carboxylic acids is 2. The summed E-state index contributed by atoms with van der Waals surface area (Å²) in [5, 5.41) is 9.25. The summed E-state index contributed by atoms with van der Waals surface area (Å²) in [6, 6.07) is 11.1. The highest BCUT2D eigenvalue weighted by molar-refractivity contribution is 9.10. The number of hydrogen-bond donors (Lipinski definition) is 3. The number of anilines is 3. The van der Waals surface area contributed by atoms with Crippen molar-refractivity contribution in [2.45, 2.75) is 41.5 Å². The molecule has 0 aliphatic heterocycles. The van der Waals surface area contributed by atoms with Gasteiger partial charge < -0.3 is 10.6 Å². The Labute approximate surface area is 217 Å². The van der Waals surface area contributed by atoms with E-state index in [1.54, 1.807) is 18.2 Å². The number of nitrogens with zero attached hydrogens (tertiary/aromatic N) is 1. The highest BCUT2D eigenvalue weighted by Gasteiger charge is 2.15. The first kappa shape index (κ1) is 24.9. The Bertz CT molecular complexity index is 1470. The first-order valence-electron chi connectivity index (χ1n) is 11.2. The van der Waals surface area contributed by atoms with Crippen molar-refractivity contribution in [3.8, 4) is 0 Å². The second-order valence-corrected chi connectivity index (χ2v) is 10.7. The minimum absolute atomic E-state index is 0.182. The molecule has 0 saturated carbocycles. The fourth-order valence-corrected chi connectivity index (χ4v) is 5.49. The fourth-order valence-electron chi connectivity index (χ4n) is 4.28. The van der Waals surface area contributed by atoms with Crippen LogP contribution in [0, 0.1) is 41.5 Å². The molecule has 1 aromatic heterocycles. The van der Waals surface area contributed by atoms with E-state index in [1.165, 1.54) is 11.3 Å². The molecule has 0 bridgehead atoms. The highest BCUT2D eigenvalue weighted by Crippen LogP contribution is 2.32. The van der Waals surface area contributed by atoms with Crippen molar-refractivity contribution in [2.24, 2.45) is 0 Å². The summed E-state index contributed by atoms with van der Waals surface area (Å²) in [5.41, 5.74) is 9.13. The quantitative estimate of drug-likeness (QED) is 0.242. The molecule has 0 atom stereocenters. The molecule has 3 aromatic carbocycles. The summed E-state index contributed by atoms with van der Waals surface area (Å²) in [7, 11) is 0. The summed E-state index contributed by atoms with van der Waals surface area (Å²) in [6.07, 6.45) is 0. The minimum atomic E-state index is -0.366. The van der Waals surface area contributed by atoms with Crippen molar-refractivity contribution < 1.29 is 9.59 Å². The first-order valence-corrected chi connectivity index (χ1v) is 12.8.